The highest BCUT2D eigenvalue weighted by atomic mass is 35.5. The standard InChI is InChI=1S/C22H23ClFN5O/c1-15-20(21(23)29(27-15)14-16-4-6-18(24)7-5-16)22(30)26-13-17-8-9-25-19(12-17)28-10-2-3-11-28/h4-9,12H,2-3,10-11,13-14H2,1H3,(H,26,30). The molecule has 0 radical (unpaired) electrons. The van der Waals surface area contributed by atoms with Crippen molar-refractivity contribution in [3.63, 3.8) is 0 Å². The van der Waals surface area contributed by atoms with Crippen LogP contribution in [-0.2, 0) is 13.1 Å². The molecule has 1 aromatic carbocycles. The van der Waals surface area contributed by atoms with Gasteiger partial charge in [-0.05, 0) is 55.2 Å². The summed E-state index contributed by atoms with van der Waals surface area (Å²) in [4.78, 5) is 19.5. The fraction of sp³-hybridized carbons (Fsp3) is 0.318. The van der Waals surface area contributed by atoms with Gasteiger partial charge in [0, 0.05) is 25.8 Å². The van der Waals surface area contributed by atoms with Crippen molar-refractivity contribution in [2.45, 2.75) is 32.9 Å². The molecule has 3 heterocycles. The minimum Gasteiger partial charge on any atom is -0.357 e. The zero-order valence-electron chi connectivity index (χ0n) is 16.7. The summed E-state index contributed by atoms with van der Waals surface area (Å²) in [7, 11) is 0. The highest BCUT2D eigenvalue weighted by molar-refractivity contribution is 6.33. The lowest BCUT2D eigenvalue weighted by atomic mass is 10.2. The fourth-order valence-corrected chi connectivity index (χ4v) is 3.96. The molecule has 2 aromatic heterocycles. The van der Waals surface area contributed by atoms with E-state index in [2.05, 4.69) is 20.3 Å². The van der Waals surface area contributed by atoms with Crippen LogP contribution >= 0.6 is 11.6 Å². The molecule has 0 spiro atoms. The van der Waals surface area contributed by atoms with Crippen LogP contribution in [0.1, 0.15) is 40.0 Å². The van der Waals surface area contributed by atoms with Gasteiger partial charge in [-0.1, -0.05) is 23.7 Å². The first-order valence-corrected chi connectivity index (χ1v) is 10.3. The maximum atomic E-state index is 13.1. The van der Waals surface area contributed by atoms with E-state index in [0.717, 1.165) is 30.0 Å². The van der Waals surface area contributed by atoms with Gasteiger partial charge in [0.05, 0.1) is 17.8 Å². The lowest BCUT2D eigenvalue weighted by molar-refractivity contribution is 0.0950. The van der Waals surface area contributed by atoms with Crippen LogP contribution in [0.5, 0.6) is 0 Å². The third kappa shape index (κ3) is 4.46. The highest BCUT2D eigenvalue weighted by Crippen LogP contribution is 2.22. The van der Waals surface area contributed by atoms with E-state index < -0.39 is 0 Å². The van der Waals surface area contributed by atoms with Crippen molar-refractivity contribution in [2.24, 2.45) is 0 Å². The van der Waals surface area contributed by atoms with Gasteiger partial charge in [0.15, 0.2) is 0 Å². The van der Waals surface area contributed by atoms with Gasteiger partial charge in [0.25, 0.3) is 5.91 Å². The van der Waals surface area contributed by atoms with Gasteiger partial charge in [-0.25, -0.2) is 14.1 Å². The average molecular weight is 428 g/mol. The molecule has 1 aliphatic heterocycles. The lowest BCUT2D eigenvalue weighted by Gasteiger charge is -2.17. The Hall–Kier alpha value is -2.93. The van der Waals surface area contributed by atoms with Crippen molar-refractivity contribution in [3.05, 3.63) is 75.9 Å². The number of aryl methyl sites for hydroxylation is 1. The smallest absolute Gasteiger partial charge is 0.256 e. The van der Waals surface area contributed by atoms with Gasteiger partial charge < -0.3 is 10.2 Å². The molecule has 0 atom stereocenters. The Morgan fingerprint density at radius 2 is 1.90 bits per heavy atom. The number of hydrogen-bond donors (Lipinski definition) is 1. The predicted octanol–water partition coefficient (Wildman–Crippen LogP) is 3.96. The molecule has 156 valence electrons. The van der Waals surface area contributed by atoms with Crippen LogP contribution in [0.3, 0.4) is 0 Å². The Morgan fingerprint density at radius 1 is 1.17 bits per heavy atom. The topological polar surface area (TPSA) is 63.1 Å². The van der Waals surface area contributed by atoms with Crippen LogP contribution in [-0.4, -0.2) is 33.8 Å². The Labute approximate surface area is 179 Å². The molecule has 0 unspecified atom stereocenters. The van der Waals surface area contributed by atoms with E-state index in [1.165, 1.54) is 25.0 Å². The van der Waals surface area contributed by atoms with Gasteiger partial charge in [-0.3, -0.25) is 4.79 Å². The first kappa shape index (κ1) is 20.3. The first-order valence-electron chi connectivity index (χ1n) is 9.96. The van der Waals surface area contributed by atoms with Crippen molar-refractivity contribution in [1.29, 1.82) is 0 Å². The molecular formula is C22H23ClFN5O. The predicted molar refractivity (Wildman–Crippen MR) is 114 cm³/mol. The number of hydrogen-bond acceptors (Lipinski definition) is 4. The zero-order valence-corrected chi connectivity index (χ0v) is 17.5. The molecule has 1 N–H and O–H groups in total. The summed E-state index contributed by atoms with van der Waals surface area (Å²) in [5.41, 5.74) is 2.73. The largest absolute Gasteiger partial charge is 0.357 e. The van der Waals surface area contributed by atoms with Gasteiger partial charge >= 0.3 is 0 Å². The van der Waals surface area contributed by atoms with Gasteiger partial charge in [0.2, 0.25) is 0 Å². The van der Waals surface area contributed by atoms with Crippen molar-refractivity contribution in [1.82, 2.24) is 20.1 Å². The lowest BCUT2D eigenvalue weighted by Crippen LogP contribution is -2.24. The molecule has 0 bridgehead atoms. The molecule has 4 rings (SSSR count). The van der Waals surface area contributed by atoms with Crippen molar-refractivity contribution < 1.29 is 9.18 Å². The van der Waals surface area contributed by atoms with E-state index in [0.29, 0.717) is 24.3 Å². The second-order valence-corrected chi connectivity index (χ2v) is 7.79. The number of nitrogens with zero attached hydrogens (tertiary/aromatic N) is 4. The number of benzene rings is 1. The Kier molecular flexibility index (Phi) is 5.99. The van der Waals surface area contributed by atoms with Crippen LogP contribution in [0.4, 0.5) is 10.2 Å². The Balaban J connectivity index is 1.44. The summed E-state index contributed by atoms with van der Waals surface area (Å²) in [6.07, 6.45) is 4.14. The van der Waals surface area contributed by atoms with E-state index in [1.54, 1.807) is 29.9 Å². The van der Waals surface area contributed by atoms with Crippen LogP contribution in [0.2, 0.25) is 5.15 Å². The summed E-state index contributed by atoms with van der Waals surface area (Å²) in [5, 5.41) is 7.58. The van der Waals surface area contributed by atoms with E-state index >= 15 is 0 Å². The molecule has 0 saturated carbocycles. The van der Waals surface area contributed by atoms with Crippen LogP contribution in [0, 0.1) is 12.7 Å². The molecular weight excluding hydrogens is 405 g/mol. The molecule has 8 heteroatoms. The number of halogens is 2. The molecule has 1 amide bonds. The maximum absolute atomic E-state index is 13.1. The van der Waals surface area contributed by atoms with E-state index in [4.69, 9.17) is 11.6 Å². The minimum atomic E-state index is -0.300. The summed E-state index contributed by atoms with van der Waals surface area (Å²) in [6, 6.07) is 10.0. The Bertz CT molecular complexity index is 1040. The van der Waals surface area contributed by atoms with E-state index in [9.17, 15) is 9.18 Å². The van der Waals surface area contributed by atoms with Crippen LogP contribution < -0.4 is 10.2 Å². The van der Waals surface area contributed by atoms with Crippen LogP contribution in [0.25, 0.3) is 0 Å². The number of rotatable bonds is 6. The normalized spacial score (nSPS) is 13.6. The average Bonchev–Trinajstić information content (AvgIpc) is 3.37. The molecule has 1 aliphatic rings. The second kappa shape index (κ2) is 8.83. The molecule has 3 aromatic rings. The summed E-state index contributed by atoms with van der Waals surface area (Å²) >= 11 is 6.45. The van der Waals surface area contributed by atoms with Crippen LogP contribution in [0.15, 0.2) is 42.6 Å². The van der Waals surface area contributed by atoms with E-state index in [1.807, 2.05) is 12.1 Å². The monoisotopic (exact) mass is 427 g/mol. The highest BCUT2D eigenvalue weighted by Gasteiger charge is 2.20. The van der Waals surface area contributed by atoms with E-state index in [-0.39, 0.29) is 16.9 Å². The molecule has 1 saturated heterocycles. The summed E-state index contributed by atoms with van der Waals surface area (Å²) < 4.78 is 14.7. The number of nitrogens with one attached hydrogen (secondary N) is 1. The number of pyridine rings is 1. The van der Waals surface area contributed by atoms with Crippen molar-refractivity contribution in [3.8, 4) is 0 Å². The van der Waals surface area contributed by atoms with Crippen molar-refractivity contribution >= 4 is 23.3 Å². The van der Waals surface area contributed by atoms with Crippen molar-refractivity contribution in [2.75, 3.05) is 18.0 Å². The van der Waals surface area contributed by atoms with Gasteiger partial charge in [-0.15, -0.1) is 0 Å². The molecule has 30 heavy (non-hydrogen) atoms. The quantitative estimate of drug-likeness (QED) is 0.646. The van der Waals surface area contributed by atoms with Gasteiger partial charge in [-0.2, -0.15) is 5.10 Å². The number of anilines is 1. The number of aromatic nitrogens is 3. The van der Waals surface area contributed by atoms with Gasteiger partial charge in [0.1, 0.15) is 16.8 Å². The number of carbonyl (C=O) groups is 1. The fourth-order valence-electron chi connectivity index (χ4n) is 3.64. The number of amides is 1. The maximum Gasteiger partial charge on any atom is 0.256 e. The SMILES string of the molecule is Cc1nn(Cc2ccc(F)cc2)c(Cl)c1C(=O)NCc1ccnc(N2CCCC2)c1. The zero-order chi connectivity index (χ0) is 21.1. The minimum absolute atomic E-state index is 0.266. The first-order chi connectivity index (χ1) is 14.5. The molecule has 1 fully saturated rings. The summed E-state index contributed by atoms with van der Waals surface area (Å²) in [6.45, 7) is 4.52. The third-order valence-corrected chi connectivity index (χ3v) is 5.62. The second-order valence-electron chi connectivity index (χ2n) is 7.43. The third-order valence-electron chi connectivity index (χ3n) is 5.23. The number of carbonyl (C=O) groups excluding carboxylic acids is 1. The Morgan fingerprint density at radius 3 is 2.63 bits per heavy atom. The molecule has 6 nitrogen and oxygen atoms in total. The molecule has 0 aliphatic carbocycles. The summed E-state index contributed by atoms with van der Waals surface area (Å²) in [5.74, 6) is 0.369.